The molecule has 20 heavy (non-hydrogen) atoms. The van der Waals surface area contributed by atoms with Crippen molar-refractivity contribution in [1.82, 2.24) is 16.0 Å². The van der Waals surface area contributed by atoms with Gasteiger partial charge in [-0.15, -0.1) is 0 Å². The number of carbonyl (C=O) groups is 3. The van der Waals surface area contributed by atoms with E-state index in [9.17, 15) is 19.5 Å². The third kappa shape index (κ3) is 6.93. The predicted octanol–water partition coefficient (Wildman–Crippen LogP) is -0.962. The second-order valence-corrected chi connectivity index (χ2v) is 5.24. The maximum atomic E-state index is 11.4. The lowest BCUT2D eigenvalue weighted by atomic mass is 10.0. The molecule has 0 heterocycles. The van der Waals surface area contributed by atoms with E-state index in [2.05, 4.69) is 16.0 Å². The van der Waals surface area contributed by atoms with E-state index in [0.717, 1.165) is 12.8 Å². The first-order valence-electron chi connectivity index (χ1n) is 6.54. The average molecular weight is 287 g/mol. The molecule has 0 bridgehead atoms. The lowest BCUT2D eigenvalue weighted by molar-refractivity contribution is -0.141. The Morgan fingerprint density at radius 1 is 1.15 bits per heavy atom. The molecule has 0 aromatic rings. The molecule has 0 aromatic carbocycles. The van der Waals surface area contributed by atoms with Gasteiger partial charge in [0.25, 0.3) is 0 Å². The quantitative estimate of drug-likeness (QED) is 0.367. The van der Waals surface area contributed by atoms with E-state index in [0.29, 0.717) is 6.54 Å². The van der Waals surface area contributed by atoms with Crippen LogP contribution in [0.25, 0.3) is 0 Å². The summed E-state index contributed by atoms with van der Waals surface area (Å²) >= 11 is 0. The number of rotatable bonds is 8. The minimum Gasteiger partial charge on any atom is -0.481 e. The summed E-state index contributed by atoms with van der Waals surface area (Å²) in [7, 11) is 0. The van der Waals surface area contributed by atoms with Crippen molar-refractivity contribution in [2.45, 2.75) is 31.8 Å². The summed E-state index contributed by atoms with van der Waals surface area (Å²) in [5.41, 5.74) is -1.50. The van der Waals surface area contributed by atoms with Crippen LogP contribution >= 0.6 is 0 Å². The van der Waals surface area contributed by atoms with Gasteiger partial charge in [0.1, 0.15) is 0 Å². The van der Waals surface area contributed by atoms with Crippen molar-refractivity contribution >= 4 is 17.9 Å². The molecule has 8 nitrogen and oxygen atoms in total. The standard InChI is InChI=1S/C12H21N3O5/c1-12(20,6-9(16)17)7-15-11(19)14-5-4-13-10(18)8-2-3-8/h8,20H,2-7H2,1H3,(H,13,18)(H,16,17)(H2,14,15,19). The third-order valence-electron chi connectivity index (χ3n) is 2.82. The van der Waals surface area contributed by atoms with Crippen molar-refractivity contribution in [1.29, 1.82) is 0 Å². The summed E-state index contributed by atoms with van der Waals surface area (Å²) in [5, 5.41) is 25.8. The van der Waals surface area contributed by atoms with Gasteiger partial charge in [-0.1, -0.05) is 0 Å². The highest BCUT2D eigenvalue weighted by Gasteiger charge is 2.29. The monoisotopic (exact) mass is 287 g/mol. The molecule has 1 rings (SSSR count). The van der Waals surface area contributed by atoms with Crippen LogP contribution in [0, 0.1) is 5.92 Å². The van der Waals surface area contributed by atoms with E-state index in [1.165, 1.54) is 6.92 Å². The van der Waals surface area contributed by atoms with Gasteiger partial charge in [0, 0.05) is 25.6 Å². The predicted molar refractivity (Wildman–Crippen MR) is 70.0 cm³/mol. The average Bonchev–Trinajstić information content (AvgIpc) is 3.14. The molecule has 5 N–H and O–H groups in total. The van der Waals surface area contributed by atoms with Crippen molar-refractivity contribution in [2.75, 3.05) is 19.6 Å². The second-order valence-electron chi connectivity index (χ2n) is 5.24. The lowest BCUT2D eigenvalue weighted by Gasteiger charge is -2.21. The molecule has 0 radical (unpaired) electrons. The normalized spacial score (nSPS) is 16.9. The van der Waals surface area contributed by atoms with Crippen LogP contribution in [0.3, 0.4) is 0 Å². The molecule has 0 saturated heterocycles. The highest BCUT2D eigenvalue weighted by atomic mass is 16.4. The molecule has 1 aliphatic carbocycles. The molecular weight excluding hydrogens is 266 g/mol. The Morgan fingerprint density at radius 3 is 2.30 bits per heavy atom. The Bertz CT molecular complexity index is 379. The molecule has 1 unspecified atom stereocenters. The first-order chi connectivity index (χ1) is 9.30. The molecule has 0 spiro atoms. The van der Waals surface area contributed by atoms with Gasteiger partial charge >= 0.3 is 12.0 Å². The molecule has 1 aliphatic rings. The summed E-state index contributed by atoms with van der Waals surface area (Å²) in [5.74, 6) is -0.994. The Labute approximate surface area is 116 Å². The summed E-state index contributed by atoms with van der Waals surface area (Å²) in [6, 6.07) is -0.517. The van der Waals surface area contributed by atoms with Gasteiger partial charge < -0.3 is 26.2 Å². The SMILES string of the molecule is CC(O)(CNC(=O)NCCNC(=O)C1CC1)CC(=O)O. The first-order valence-corrected chi connectivity index (χ1v) is 6.54. The van der Waals surface area contributed by atoms with Crippen LogP contribution in [0.2, 0.25) is 0 Å². The Hall–Kier alpha value is -1.83. The second kappa shape index (κ2) is 7.09. The molecule has 1 fully saturated rings. The van der Waals surface area contributed by atoms with Gasteiger partial charge in [0.2, 0.25) is 5.91 Å². The van der Waals surface area contributed by atoms with Crippen LogP contribution in [0.1, 0.15) is 26.2 Å². The van der Waals surface area contributed by atoms with Gasteiger partial charge in [0.15, 0.2) is 0 Å². The van der Waals surface area contributed by atoms with Gasteiger partial charge in [-0.25, -0.2) is 4.79 Å². The number of aliphatic hydroxyl groups is 1. The largest absolute Gasteiger partial charge is 0.481 e. The smallest absolute Gasteiger partial charge is 0.314 e. The summed E-state index contributed by atoms with van der Waals surface area (Å²) in [6.45, 7) is 1.77. The molecule has 0 aromatic heterocycles. The summed E-state index contributed by atoms with van der Waals surface area (Å²) < 4.78 is 0. The number of aliphatic carboxylic acids is 1. The van der Waals surface area contributed by atoms with E-state index in [4.69, 9.17) is 5.11 Å². The molecule has 0 aliphatic heterocycles. The van der Waals surface area contributed by atoms with E-state index < -0.39 is 24.0 Å². The highest BCUT2D eigenvalue weighted by Crippen LogP contribution is 2.28. The van der Waals surface area contributed by atoms with Gasteiger partial charge in [-0.3, -0.25) is 9.59 Å². The van der Waals surface area contributed by atoms with E-state index in [-0.39, 0.29) is 24.9 Å². The van der Waals surface area contributed by atoms with Crippen molar-refractivity contribution in [3.8, 4) is 0 Å². The van der Waals surface area contributed by atoms with Gasteiger partial charge in [0.05, 0.1) is 12.0 Å². The number of amides is 3. The molecule has 8 heteroatoms. The first kappa shape index (κ1) is 16.2. The number of hydrogen-bond donors (Lipinski definition) is 5. The van der Waals surface area contributed by atoms with Crippen LogP contribution in [0.4, 0.5) is 4.79 Å². The number of hydrogen-bond acceptors (Lipinski definition) is 4. The Morgan fingerprint density at radius 2 is 1.75 bits per heavy atom. The molecule has 1 atom stereocenters. The molecular formula is C12H21N3O5. The maximum Gasteiger partial charge on any atom is 0.314 e. The number of carbonyl (C=O) groups excluding carboxylic acids is 2. The van der Waals surface area contributed by atoms with Crippen molar-refractivity contribution in [3.05, 3.63) is 0 Å². The third-order valence-corrected chi connectivity index (χ3v) is 2.82. The zero-order valence-electron chi connectivity index (χ0n) is 11.4. The van der Waals surface area contributed by atoms with E-state index >= 15 is 0 Å². The van der Waals surface area contributed by atoms with Crippen LogP contribution in [-0.4, -0.2) is 53.4 Å². The molecule has 3 amide bonds. The zero-order valence-corrected chi connectivity index (χ0v) is 11.4. The number of nitrogens with one attached hydrogen (secondary N) is 3. The highest BCUT2D eigenvalue weighted by molar-refractivity contribution is 5.80. The topological polar surface area (TPSA) is 128 Å². The maximum absolute atomic E-state index is 11.4. The van der Waals surface area contributed by atoms with Crippen LogP contribution < -0.4 is 16.0 Å². The Balaban J connectivity index is 2.07. The van der Waals surface area contributed by atoms with Crippen LogP contribution in [-0.2, 0) is 9.59 Å². The Kier molecular flexibility index (Phi) is 5.75. The number of carboxylic acids is 1. The molecule has 114 valence electrons. The fourth-order valence-electron chi connectivity index (χ4n) is 1.57. The van der Waals surface area contributed by atoms with Crippen molar-refractivity contribution < 1.29 is 24.6 Å². The zero-order chi connectivity index (χ0) is 15.2. The van der Waals surface area contributed by atoms with Crippen molar-refractivity contribution in [3.63, 3.8) is 0 Å². The van der Waals surface area contributed by atoms with E-state index in [1.807, 2.05) is 0 Å². The van der Waals surface area contributed by atoms with Crippen LogP contribution in [0.5, 0.6) is 0 Å². The van der Waals surface area contributed by atoms with Gasteiger partial charge in [-0.05, 0) is 19.8 Å². The summed E-state index contributed by atoms with van der Waals surface area (Å²) in [4.78, 5) is 33.1. The number of urea groups is 1. The fourth-order valence-corrected chi connectivity index (χ4v) is 1.57. The molecule has 1 saturated carbocycles. The van der Waals surface area contributed by atoms with Gasteiger partial charge in [-0.2, -0.15) is 0 Å². The fraction of sp³-hybridized carbons (Fsp3) is 0.750. The minimum atomic E-state index is -1.50. The minimum absolute atomic E-state index is 0.0107. The van der Waals surface area contributed by atoms with Crippen molar-refractivity contribution in [2.24, 2.45) is 5.92 Å². The number of carboxylic acid groups (broad SMARTS) is 1. The lowest BCUT2D eigenvalue weighted by Crippen LogP contribution is -2.47. The summed E-state index contributed by atoms with van der Waals surface area (Å²) in [6.07, 6.45) is 1.40. The van der Waals surface area contributed by atoms with Crippen LogP contribution in [0.15, 0.2) is 0 Å². The van der Waals surface area contributed by atoms with E-state index in [1.54, 1.807) is 0 Å².